The minimum atomic E-state index is -1.73. The molecule has 0 fully saturated rings. The first-order chi connectivity index (χ1) is 7.42. The molecular formula is C11H14BrFO3. The Bertz CT molecular complexity index is 348. The van der Waals surface area contributed by atoms with Gasteiger partial charge in [-0.1, -0.05) is 0 Å². The molecule has 0 unspecified atom stereocenters. The van der Waals surface area contributed by atoms with Gasteiger partial charge in [0.05, 0.1) is 4.47 Å². The fourth-order valence-electron chi connectivity index (χ4n) is 0.935. The summed E-state index contributed by atoms with van der Waals surface area (Å²) < 4.78 is 18.7. The van der Waals surface area contributed by atoms with E-state index in [9.17, 15) is 9.18 Å². The first-order valence-electron chi connectivity index (χ1n) is 4.50. The van der Waals surface area contributed by atoms with Gasteiger partial charge < -0.3 is 9.84 Å². The van der Waals surface area contributed by atoms with Crippen LogP contribution in [0.5, 0.6) is 5.75 Å². The van der Waals surface area contributed by atoms with Crippen LogP contribution in [0.15, 0.2) is 22.7 Å². The molecule has 0 aliphatic carbocycles. The molecule has 5 heteroatoms. The molecule has 3 nitrogen and oxygen atoms in total. The topological polar surface area (TPSA) is 46.5 Å². The average molecular weight is 293 g/mol. The fourth-order valence-corrected chi connectivity index (χ4v) is 1.41. The third kappa shape index (κ3) is 5.23. The van der Waals surface area contributed by atoms with Gasteiger partial charge in [-0.25, -0.2) is 0 Å². The van der Waals surface area contributed by atoms with E-state index in [0.29, 0.717) is 15.8 Å². The number of benzene rings is 1. The summed E-state index contributed by atoms with van der Waals surface area (Å²) in [6.07, 6.45) is 0.717. The van der Waals surface area contributed by atoms with Crippen LogP contribution in [-0.2, 0) is 0 Å². The highest BCUT2D eigenvalue weighted by atomic mass is 79.9. The largest absolute Gasteiger partial charge is 0.457 e. The molecule has 0 saturated carbocycles. The zero-order valence-corrected chi connectivity index (χ0v) is 10.9. The van der Waals surface area contributed by atoms with E-state index in [1.807, 2.05) is 0 Å². The highest BCUT2D eigenvalue weighted by Crippen LogP contribution is 2.29. The highest BCUT2D eigenvalue weighted by molar-refractivity contribution is 9.10. The molecule has 1 rings (SSSR count). The van der Waals surface area contributed by atoms with Crippen molar-refractivity contribution in [2.75, 3.05) is 7.11 Å². The molecule has 90 valence electrons. The molecular weight excluding hydrogens is 279 g/mol. The molecule has 0 aromatic heterocycles. The van der Waals surface area contributed by atoms with E-state index >= 15 is 0 Å². The summed E-state index contributed by atoms with van der Waals surface area (Å²) >= 11 is 3.19. The lowest BCUT2D eigenvalue weighted by atomic mass is 10.2. The molecule has 1 N–H and O–H groups in total. The summed E-state index contributed by atoms with van der Waals surface area (Å²) in [5.41, 5.74) is 0.515. The van der Waals surface area contributed by atoms with Crippen molar-refractivity contribution in [3.8, 4) is 5.75 Å². The maximum Gasteiger partial charge on any atom is 0.242 e. The molecule has 0 aliphatic rings. The summed E-state index contributed by atoms with van der Waals surface area (Å²) in [6, 6.07) is 4.70. The number of hydrogen-bond donors (Lipinski definition) is 1. The number of halogens is 2. The van der Waals surface area contributed by atoms with Crippen molar-refractivity contribution in [2.45, 2.75) is 19.7 Å². The van der Waals surface area contributed by atoms with E-state index in [1.54, 1.807) is 18.2 Å². The van der Waals surface area contributed by atoms with Gasteiger partial charge in [-0.15, -0.1) is 0 Å². The Hall–Kier alpha value is -0.940. The van der Waals surface area contributed by atoms with E-state index in [-0.39, 0.29) is 0 Å². The first kappa shape index (κ1) is 15.1. The van der Waals surface area contributed by atoms with Crippen molar-refractivity contribution in [2.24, 2.45) is 0 Å². The second-order valence-electron chi connectivity index (χ2n) is 3.27. The molecule has 1 aromatic rings. The number of carbonyl (C=O) groups excluding carboxylic acids is 1. The smallest absolute Gasteiger partial charge is 0.242 e. The molecule has 0 aliphatic heterocycles. The molecule has 0 spiro atoms. The van der Waals surface area contributed by atoms with Gasteiger partial charge in [0.25, 0.3) is 0 Å². The van der Waals surface area contributed by atoms with Crippen molar-refractivity contribution in [3.63, 3.8) is 0 Å². The maximum absolute atomic E-state index is 13.1. The van der Waals surface area contributed by atoms with Crippen LogP contribution in [0.4, 0.5) is 4.39 Å². The van der Waals surface area contributed by atoms with E-state index in [2.05, 4.69) is 15.9 Å². The second-order valence-corrected chi connectivity index (χ2v) is 4.13. The van der Waals surface area contributed by atoms with Crippen molar-refractivity contribution in [1.29, 1.82) is 0 Å². The lowest BCUT2D eigenvalue weighted by Crippen LogP contribution is -2.21. The van der Waals surface area contributed by atoms with Crippen LogP contribution in [-0.4, -0.2) is 24.4 Å². The van der Waals surface area contributed by atoms with Gasteiger partial charge in [0.1, 0.15) is 12.0 Å². The van der Waals surface area contributed by atoms with E-state index < -0.39 is 5.85 Å². The summed E-state index contributed by atoms with van der Waals surface area (Å²) in [4.78, 5) is 10.4. The standard InChI is InChI=1S/C10H10BrFO2.CH4O/c1-10(2,12)14-9-4-3-7(6-13)5-8(9)11;1-2/h3-6H,1-2H3;2H,1H3. The van der Waals surface area contributed by atoms with Crippen LogP contribution in [0.2, 0.25) is 0 Å². The fraction of sp³-hybridized carbons (Fsp3) is 0.364. The normalized spacial score (nSPS) is 10.1. The van der Waals surface area contributed by atoms with Gasteiger partial charge >= 0.3 is 0 Å². The maximum atomic E-state index is 13.1. The number of aldehydes is 1. The highest BCUT2D eigenvalue weighted by Gasteiger charge is 2.18. The van der Waals surface area contributed by atoms with Gasteiger partial charge in [0.15, 0.2) is 0 Å². The lowest BCUT2D eigenvalue weighted by Gasteiger charge is -2.18. The third-order valence-corrected chi connectivity index (χ3v) is 2.06. The molecule has 0 saturated heterocycles. The van der Waals surface area contributed by atoms with Crippen LogP contribution >= 0.6 is 15.9 Å². The Labute approximate surface area is 102 Å². The van der Waals surface area contributed by atoms with Crippen molar-refractivity contribution in [1.82, 2.24) is 0 Å². The number of aliphatic hydroxyl groups is 1. The van der Waals surface area contributed by atoms with Gasteiger partial charge in [-0.2, -0.15) is 4.39 Å². The van der Waals surface area contributed by atoms with Crippen LogP contribution in [0.3, 0.4) is 0 Å². The van der Waals surface area contributed by atoms with E-state index in [4.69, 9.17) is 9.84 Å². The Morgan fingerprint density at radius 3 is 2.38 bits per heavy atom. The van der Waals surface area contributed by atoms with Crippen LogP contribution in [0.25, 0.3) is 0 Å². The number of carbonyl (C=O) groups is 1. The Kier molecular flexibility index (Phi) is 6.21. The Morgan fingerprint density at radius 1 is 1.44 bits per heavy atom. The average Bonchev–Trinajstić information content (AvgIpc) is 2.22. The Morgan fingerprint density at radius 2 is 2.00 bits per heavy atom. The van der Waals surface area contributed by atoms with Crippen LogP contribution in [0, 0.1) is 0 Å². The summed E-state index contributed by atoms with van der Waals surface area (Å²) in [5, 5.41) is 7.00. The second kappa shape index (κ2) is 6.60. The van der Waals surface area contributed by atoms with Gasteiger partial charge in [0, 0.05) is 26.5 Å². The third-order valence-electron chi connectivity index (χ3n) is 1.44. The van der Waals surface area contributed by atoms with Crippen molar-refractivity contribution >= 4 is 22.2 Å². The Balaban J connectivity index is 0.00000106. The molecule has 0 heterocycles. The minimum Gasteiger partial charge on any atom is -0.457 e. The monoisotopic (exact) mass is 292 g/mol. The predicted octanol–water partition coefficient (Wildman–Crippen LogP) is 2.95. The van der Waals surface area contributed by atoms with Crippen molar-refractivity contribution < 1.29 is 19.0 Å². The summed E-state index contributed by atoms with van der Waals surface area (Å²) in [5.74, 6) is -1.35. The molecule has 0 atom stereocenters. The zero-order valence-electron chi connectivity index (χ0n) is 9.33. The number of aliphatic hydroxyl groups excluding tert-OH is 1. The van der Waals surface area contributed by atoms with E-state index in [0.717, 1.165) is 13.4 Å². The van der Waals surface area contributed by atoms with Gasteiger partial charge in [-0.05, 0) is 34.1 Å². The SMILES string of the molecule is CC(C)(F)Oc1ccc(C=O)cc1Br.CO. The number of hydrogen-bond acceptors (Lipinski definition) is 3. The molecule has 0 radical (unpaired) electrons. The summed E-state index contributed by atoms with van der Waals surface area (Å²) in [6.45, 7) is 2.63. The number of ether oxygens (including phenoxy) is 1. The van der Waals surface area contributed by atoms with E-state index in [1.165, 1.54) is 13.8 Å². The first-order valence-corrected chi connectivity index (χ1v) is 5.29. The molecule has 16 heavy (non-hydrogen) atoms. The van der Waals surface area contributed by atoms with Crippen molar-refractivity contribution in [3.05, 3.63) is 28.2 Å². The molecule has 1 aromatic carbocycles. The molecule has 0 bridgehead atoms. The number of alkyl halides is 1. The quantitative estimate of drug-likeness (QED) is 0.872. The van der Waals surface area contributed by atoms with Gasteiger partial charge in [0.2, 0.25) is 5.85 Å². The van der Waals surface area contributed by atoms with Gasteiger partial charge in [-0.3, -0.25) is 4.79 Å². The minimum absolute atomic E-state index is 0.378. The number of rotatable bonds is 3. The zero-order chi connectivity index (χ0) is 12.8. The molecule has 0 amide bonds. The lowest BCUT2D eigenvalue weighted by molar-refractivity contribution is -0.0263. The summed E-state index contributed by atoms with van der Waals surface area (Å²) in [7, 11) is 1.00. The van der Waals surface area contributed by atoms with Crippen LogP contribution in [0.1, 0.15) is 24.2 Å². The van der Waals surface area contributed by atoms with Crippen LogP contribution < -0.4 is 4.74 Å². The predicted molar refractivity (Wildman–Crippen MR) is 63.5 cm³/mol.